The molecule has 0 amide bonds. The SMILES string of the molecule is CCc1nn(C)c(COc2ccccc2[C@H](C)O)c1Cl. The highest BCUT2D eigenvalue weighted by Gasteiger charge is 2.15. The topological polar surface area (TPSA) is 47.3 Å². The molecule has 0 aliphatic heterocycles. The maximum Gasteiger partial charge on any atom is 0.131 e. The van der Waals surface area contributed by atoms with Gasteiger partial charge in [0.25, 0.3) is 0 Å². The van der Waals surface area contributed by atoms with Gasteiger partial charge in [-0.25, -0.2) is 0 Å². The second kappa shape index (κ2) is 6.29. The predicted octanol–water partition coefficient (Wildman–Crippen LogP) is 3.27. The lowest BCUT2D eigenvalue weighted by Gasteiger charge is -2.13. The molecule has 2 rings (SSSR count). The van der Waals surface area contributed by atoms with E-state index in [1.807, 2.05) is 38.2 Å². The second-order valence-electron chi connectivity index (χ2n) is 4.69. The summed E-state index contributed by atoms with van der Waals surface area (Å²) in [5.74, 6) is 0.665. The van der Waals surface area contributed by atoms with Gasteiger partial charge in [-0.2, -0.15) is 5.10 Å². The van der Waals surface area contributed by atoms with Crippen molar-refractivity contribution in [3.63, 3.8) is 0 Å². The number of hydrogen-bond donors (Lipinski definition) is 1. The van der Waals surface area contributed by atoms with E-state index in [2.05, 4.69) is 5.10 Å². The van der Waals surface area contributed by atoms with Gasteiger partial charge < -0.3 is 9.84 Å². The van der Waals surface area contributed by atoms with Gasteiger partial charge in [0.05, 0.1) is 22.5 Å². The molecule has 20 heavy (non-hydrogen) atoms. The van der Waals surface area contributed by atoms with Crippen LogP contribution in [0.1, 0.15) is 36.9 Å². The first-order valence-corrected chi connectivity index (χ1v) is 7.02. The standard InChI is InChI=1S/C15H19ClN2O2/c1-4-12-15(16)13(18(3)17-12)9-20-14-8-6-5-7-11(14)10(2)19/h5-8,10,19H,4,9H2,1-3H3/t10-/m0/s1. The molecule has 0 saturated carbocycles. The van der Waals surface area contributed by atoms with Crippen LogP contribution in [0.2, 0.25) is 5.02 Å². The number of aromatic nitrogens is 2. The van der Waals surface area contributed by atoms with Crippen molar-refractivity contribution in [3.05, 3.63) is 46.2 Å². The summed E-state index contributed by atoms with van der Waals surface area (Å²) >= 11 is 6.29. The minimum Gasteiger partial charge on any atom is -0.487 e. The van der Waals surface area contributed by atoms with Gasteiger partial charge in [-0.3, -0.25) is 4.68 Å². The van der Waals surface area contributed by atoms with E-state index >= 15 is 0 Å². The highest BCUT2D eigenvalue weighted by Crippen LogP contribution is 2.27. The minimum absolute atomic E-state index is 0.325. The van der Waals surface area contributed by atoms with Crippen molar-refractivity contribution in [2.75, 3.05) is 0 Å². The number of benzene rings is 1. The monoisotopic (exact) mass is 294 g/mol. The summed E-state index contributed by atoms with van der Waals surface area (Å²) in [5, 5.41) is 14.7. The molecule has 0 aliphatic rings. The lowest BCUT2D eigenvalue weighted by Crippen LogP contribution is -2.05. The van der Waals surface area contributed by atoms with Gasteiger partial charge in [0.1, 0.15) is 12.4 Å². The fraction of sp³-hybridized carbons (Fsp3) is 0.400. The Morgan fingerprint density at radius 1 is 1.40 bits per heavy atom. The molecule has 1 atom stereocenters. The van der Waals surface area contributed by atoms with Crippen LogP contribution in [-0.4, -0.2) is 14.9 Å². The van der Waals surface area contributed by atoms with E-state index in [-0.39, 0.29) is 0 Å². The van der Waals surface area contributed by atoms with Crippen LogP contribution in [-0.2, 0) is 20.1 Å². The Balaban J connectivity index is 2.19. The number of rotatable bonds is 5. The van der Waals surface area contributed by atoms with Crippen LogP contribution in [0.4, 0.5) is 0 Å². The van der Waals surface area contributed by atoms with Crippen LogP contribution in [0.25, 0.3) is 0 Å². The Kier molecular flexibility index (Phi) is 4.68. The summed E-state index contributed by atoms with van der Waals surface area (Å²) in [5.41, 5.74) is 2.47. The minimum atomic E-state index is -0.570. The normalized spacial score (nSPS) is 12.4. The molecule has 1 aromatic heterocycles. The third-order valence-electron chi connectivity index (χ3n) is 3.24. The number of aliphatic hydroxyl groups excluding tert-OH is 1. The van der Waals surface area contributed by atoms with Crippen molar-refractivity contribution in [2.45, 2.75) is 33.0 Å². The molecule has 2 aromatic rings. The summed E-state index contributed by atoms with van der Waals surface area (Å²) in [7, 11) is 1.85. The number of aryl methyl sites for hydroxylation is 2. The first kappa shape index (κ1) is 14.9. The van der Waals surface area contributed by atoms with E-state index in [1.54, 1.807) is 11.6 Å². The zero-order valence-corrected chi connectivity index (χ0v) is 12.7. The van der Waals surface area contributed by atoms with Gasteiger partial charge >= 0.3 is 0 Å². The van der Waals surface area contributed by atoms with E-state index in [9.17, 15) is 5.11 Å². The third kappa shape index (κ3) is 2.97. The number of hydrogen-bond acceptors (Lipinski definition) is 3. The summed E-state index contributed by atoms with van der Waals surface area (Å²) in [6, 6.07) is 7.44. The first-order chi connectivity index (χ1) is 9.54. The van der Waals surface area contributed by atoms with Crippen LogP contribution in [0.15, 0.2) is 24.3 Å². The van der Waals surface area contributed by atoms with Crippen LogP contribution >= 0.6 is 11.6 Å². The van der Waals surface area contributed by atoms with Crippen molar-refractivity contribution in [1.29, 1.82) is 0 Å². The van der Waals surface area contributed by atoms with Gasteiger partial charge in [0.2, 0.25) is 0 Å². The molecule has 0 bridgehead atoms. The van der Waals surface area contributed by atoms with Crippen molar-refractivity contribution < 1.29 is 9.84 Å². The smallest absolute Gasteiger partial charge is 0.131 e. The molecule has 1 aromatic carbocycles. The molecular formula is C15H19ClN2O2. The van der Waals surface area contributed by atoms with Gasteiger partial charge in [-0.1, -0.05) is 36.7 Å². The molecule has 0 aliphatic carbocycles. The van der Waals surface area contributed by atoms with Gasteiger partial charge in [0.15, 0.2) is 0 Å². The summed E-state index contributed by atoms with van der Waals surface area (Å²) in [6.45, 7) is 4.06. The first-order valence-electron chi connectivity index (χ1n) is 6.64. The lowest BCUT2D eigenvalue weighted by atomic mass is 10.1. The maximum atomic E-state index is 9.73. The van der Waals surface area contributed by atoms with Crippen LogP contribution in [0.3, 0.4) is 0 Å². The predicted molar refractivity (Wildman–Crippen MR) is 79.0 cm³/mol. The zero-order chi connectivity index (χ0) is 14.7. The average Bonchev–Trinajstić information content (AvgIpc) is 2.71. The fourth-order valence-electron chi connectivity index (χ4n) is 2.08. The molecule has 1 heterocycles. The quantitative estimate of drug-likeness (QED) is 0.920. The van der Waals surface area contributed by atoms with E-state index in [4.69, 9.17) is 16.3 Å². The van der Waals surface area contributed by atoms with E-state index in [1.165, 1.54) is 0 Å². The third-order valence-corrected chi connectivity index (χ3v) is 3.67. The second-order valence-corrected chi connectivity index (χ2v) is 5.06. The van der Waals surface area contributed by atoms with E-state index in [0.717, 1.165) is 23.4 Å². The number of aliphatic hydroxyl groups is 1. The van der Waals surface area contributed by atoms with E-state index in [0.29, 0.717) is 17.4 Å². The molecule has 0 radical (unpaired) electrons. The Morgan fingerprint density at radius 2 is 2.10 bits per heavy atom. The average molecular weight is 295 g/mol. The molecular weight excluding hydrogens is 276 g/mol. The van der Waals surface area contributed by atoms with Crippen LogP contribution in [0.5, 0.6) is 5.75 Å². The molecule has 5 heteroatoms. The molecule has 108 valence electrons. The van der Waals surface area contributed by atoms with Crippen molar-refractivity contribution in [3.8, 4) is 5.75 Å². The number of halogens is 1. The van der Waals surface area contributed by atoms with Crippen molar-refractivity contribution in [2.24, 2.45) is 7.05 Å². The largest absolute Gasteiger partial charge is 0.487 e. The van der Waals surface area contributed by atoms with Crippen LogP contribution in [0, 0.1) is 0 Å². The van der Waals surface area contributed by atoms with Gasteiger partial charge in [-0.05, 0) is 19.4 Å². The Labute approximate surface area is 123 Å². The van der Waals surface area contributed by atoms with Crippen molar-refractivity contribution in [1.82, 2.24) is 9.78 Å². The Hall–Kier alpha value is -1.52. The molecule has 0 spiro atoms. The molecule has 0 unspecified atom stereocenters. The molecule has 4 nitrogen and oxygen atoms in total. The summed E-state index contributed by atoms with van der Waals surface area (Å²) in [4.78, 5) is 0. The highest BCUT2D eigenvalue weighted by atomic mass is 35.5. The van der Waals surface area contributed by atoms with Gasteiger partial charge in [0, 0.05) is 12.6 Å². The zero-order valence-electron chi connectivity index (χ0n) is 11.9. The Bertz CT molecular complexity index is 594. The summed E-state index contributed by atoms with van der Waals surface area (Å²) < 4.78 is 7.54. The number of nitrogens with zero attached hydrogens (tertiary/aromatic N) is 2. The van der Waals surface area contributed by atoms with E-state index < -0.39 is 6.10 Å². The highest BCUT2D eigenvalue weighted by molar-refractivity contribution is 6.31. The molecule has 0 fully saturated rings. The Morgan fingerprint density at radius 3 is 2.70 bits per heavy atom. The number of ether oxygens (including phenoxy) is 1. The van der Waals surface area contributed by atoms with Crippen LogP contribution < -0.4 is 4.74 Å². The molecule has 0 saturated heterocycles. The maximum absolute atomic E-state index is 9.73. The van der Waals surface area contributed by atoms with Crippen molar-refractivity contribution >= 4 is 11.6 Å². The summed E-state index contributed by atoms with van der Waals surface area (Å²) in [6.07, 6.45) is 0.219. The fourth-order valence-corrected chi connectivity index (χ4v) is 2.43. The molecule has 1 N–H and O–H groups in total. The van der Waals surface area contributed by atoms with Gasteiger partial charge in [-0.15, -0.1) is 0 Å². The lowest BCUT2D eigenvalue weighted by molar-refractivity contribution is 0.189. The number of para-hydroxylation sites is 1.